The van der Waals surface area contributed by atoms with Gasteiger partial charge in [0.2, 0.25) is 0 Å². The van der Waals surface area contributed by atoms with Gasteiger partial charge < -0.3 is 19.5 Å². The molecule has 0 bridgehead atoms. The average Bonchev–Trinajstić information content (AvgIpc) is 2.39. The normalized spacial score (nSPS) is 32.7. The van der Waals surface area contributed by atoms with Gasteiger partial charge in [0.25, 0.3) is 0 Å². The molecule has 0 aromatic rings. The Hall–Kier alpha value is -0.355. The van der Waals surface area contributed by atoms with Crippen molar-refractivity contribution >= 4 is 7.12 Å². The second kappa shape index (κ2) is 5.51. The lowest BCUT2D eigenvalue weighted by Crippen LogP contribution is -2.21. The Kier molecular flexibility index (Phi) is 4.61. The van der Waals surface area contributed by atoms with Gasteiger partial charge in [-0.25, -0.2) is 0 Å². The van der Waals surface area contributed by atoms with Gasteiger partial charge in [0, 0.05) is 6.42 Å². The molecule has 1 rings (SSSR count). The van der Waals surface area contributed by atoms with E-state index < -0.39 is 7.12 Å². The third-order valence-electron chi connectivity index (χ3n) is 2.25. The Morgan fingerprint density at radius 2 is 2.21 bits per heavy atom. The quantitative estimate of drug-likeness (QED) is 0.633. The Balaban J connectivity index is 2.18. The fraction of sp³-hybridized carbons (Fsp3) is 0.778. The first-order chi connectivity index (χ1) is 6.59. The Labute approximate surface area is 84.7 Å². The van der Waals surface area contributed by atoms with Crippen LogP contribution in [0.4, 0.5) is 0 Å². The maximum absolute atomic E-state index is 8.53. The van der Waals surface area contributed by atoms with Gasteiger partial charge in [0.05, 0.1) is 24.9 Å². The first-order valence-electron chi connectivity index (χ1n) is 4.89. The van der Waals surface area contributed by atoms with Crippen LogP contribution in [0.25, 0.3) is 0 Å². The van der Waals surface area contributed by atoms with Crippen LogP contribution in [-0.4, -0.2) is 42.1 Å². The first kappa shape index (κ1) is 11.7. The van der Waals surface area contributed by atoms with E-state index >= 15 is 0 Å². The first-order valence-corrected chi connectivity index (χ1v) is 4.89. The highest BCUT2D eigenvalue weighted by Gasteiger charge is 2.29. The maximum Gasteiger partial charge on any atom is 0.480 e. The standard InChI is InChI=1S/C9H17BO4/c1-7-6-9(8(2)14-7)13-5-3-4-10(11)12/h3-4,7-9,11-12H,5-6H2,1-2H3/b4-3+/t7-,8+,9+/m0/s1. The summed E-state index contributed by atoms with van der Waals surface area (Å²) in [5.74, 6) is 1.28. The highest BCUT2D eigenvalue weighted by Crippen LogP contribution is 2.22. The second-order valence-electron chi connectivity index (χ2n) is 3.60. The van der Waals surface area contributed by atoms with Crippen molar-refractivity contribution in [1.82, 2.24) is 0 Å². The van der Waals surface area contributed by atoms with Crippen molar-refractivity contribution in [1.29, 1.82) is 0 Å². The minimum absolute atomic E-state index is 0.116. The van der Waals surface area contributed by atoms with Crippen molar-refractivity contribution in [2.45, 2.75) is 38.6 Å². The Bertz CT molecular complexity index is 195. The van der Waals surface area contributed by atoms with E-state index in [1.54, 1.807) is 6.08 Å². The highest BCUT2D eigenvalue weighted by atomic mass is 16.6. The van der Waals surface area contributed by atoms with Gasteiger partial charge >= 0.3 is 7.12 Å². The van der Waals surface area contributed by atoms with E-state index in [-0.39, 0.29) is 18.3 Å². The van der Waals surface area contributed by atoms with Crippen molar-refractivity contribution < 1.29 is 19.5 Å². The molecule has 0 saturated carbocycles. The van der Waals surface area contributed by atoms with Gasteiger partial charge in [0.15, 0.2) is 0 Å². The predicted octanol–water partition coefficient (Wildman–Crippen LogP) is 0.137. The molecular formula is C9H17BO4. The predicted molar refractivity (Wildman–Crippen MR) is 53.7 cm³/mol. The van der Waals surface area contributed by atoms with E-state index in [9.17, 15) is 0 Å². The van der Waals surface area contributed by atoms with Gasteiger partial charge in [-0.3, -0.25) is 0 Å². The molecule has 14 heavy (non-hydrogen) atoms. The molecule has 0 amide bonds. The molecule has 2 N–H and O–H groups in total. The molecular weight excluding hydrogens is 183 g/mol. The maximum atomic E-state index is 8.53. The van der Waals surface area contributed by atoms with E-state index in [1.807, 2.05) is 13.8 Å². The lowest BCUT2D eigenvalue weighted by Gasteiger charge is -2.13. The minimum atomic E-state index is -1.39. The van der Waals surface area contributed by atoms with E-state index in [4.69, 9.17) is 19.5 Å². The summed E-state index contributed by atoms with van der Waals surface area (Å²) in [6.07, 6.45) is 2.99. The van der Waals surface area contributed by atoms with Crippen LogP contribution >= 0.6 is 0 Å². The molecule has 1 fully saturated rings. The van der Waals surface area contributed by atoms with E-state index in [0.29, 0.717) is 6.61 Å². The highest BCUT2D eigenvalue weighted by molar-refractivity contribution is 6.47. The molecule has 80 valence electrons. The molecule has 1 saturated heterocycles. The number of ether oxygens (including phenoxy) is 2. The summed E-state index contributed by atoms with van der Waals surface area (Å²) in [5, 5.41) is 17.1. The summed E-state index contributed by atoms with van der Waals surface area (Å²) < 4.78 is 11.0. The molecule has 5 heteroatoms. The van der Waals surface area contributed by atoms with Gasteiger partial charge in [-0.15, -0.1) is 0 Å². The van der Waals surface area contributed by atoms with Gasteiger partial charge in [0.1, 0.15) is 0 Å². The van der Waals surface area contributed by atoms with Gasteiger partial charge in [-0.2, -0.15) is 0 Å². The van der Waals surface area contributed by atoms with E-state index in [2.05, 4.69) is 0 Å². The van der Waals surface area contributed by atoms with Crippen LogP contribution in [0.5, 0.6) is 0 Å². The third kappa shape index (κ3) is 3.80. The Morgan fingerprint density at radius 3 is 2.71 bits per heavy atom. The second-order valence-corrected chi connectivity index (χ2v) is 3.60. The fourth-order valence-electron chi connectivity index (χ4n) is 1.59. The van der Waals surface area contributed by atoms with E-state index in [1.165, 1.54) is 5.98 Å². The molecule has 0 aromatic heterocycles. The number of hydrogen-bond acceptors (Lipinski definition) is 4. The van der Waals surface area contributed by atoms with Gasteiger partial charge in [-0.05, 0) is 13.8 Å². The van der Waals surface area contributed by atoms with Crippen LogP contribution in [0.15, 0.2) is 12.1 Å². The fourth-order valence-corrected chi connectivity index (χ4v) is 1.59. The smallest absolute Gasteiger partial charge is 0.424 e. The molecule has 1 aliphatic heterocycles. The van der Waals surface area contributed by atoms with Crippen LogP contribution in [0, 0.1) is 0 Å². The molecule has 0 aromatic carbocycles. The summed E-state index contributed by atoms with van der Waals surface area (Å²) in [6, 6.07) is 0. The molecule has 0 radical (unpaired) electrons. The Morgan fingerprint density at radius 1 is 1.50 bits per heavy atom. The summed E-state index contributed by atoms with van der Waals surface area (Å²) in [5.41, 5.74) is 0. The summed E-state index contributed by atoms with van der Waals surface area (Å²) in [6.45, 7) is 4.40. The molecule has 0 aliphatic carbocycles. The van der Waals surface area contributed by atoms with Crippen LogP contribution in [-0.2, 0) is 9.47 Å². The zero-order chi connectivity index (χ0) is 10.6. The molecule has 0 spiro atoms. The molecule has 0 unspecified atom stereocenters. The lowest BCUT2D eigenvalue weighted by molar-refractivity contribution is -0.000711. The summed E-state index contributed by atoms with van der Waals surface area (Å²) >= 11 is 0. The number of rotatable bonds is 4. The summed E-state index contributed by atoms with van der Waals surface area (Å²) in [4.78, 5) is 0. The zero-order valence-corrected chi connectivity index (χ0v) is 8.59. The van der Waals surface area contributed by atoms with Gasteiger partial charge in [-0.1, -0.05) is 12.1 Å². The van der Waals surface area contributed by atoms with Crippen molar-refractivity contribution in [3.05, 3.63) is 12.1 Å². The largest absolute Gasteiger partial charge is 0.480 e. The van der Waals surface area contributed by atoms with Crippen molar-refractivity contribution in [3.8, 4) is 0 Å². The van der Waals surface area contributed by atoms with Crippen LogP contribution < -0.4 is 0 Å². The van der Waals surface area contributed by atoms with Crippen LogP contribution in [0.2, 0.25) is 0 Å². The SMILES string of the molecule is C[C@H]1C[C@@H](OC/C=C/B(O)O)[C@@H](C)O1. The minimum Gasteiger partial charge on any atom is -0.424 e. The summed E-state index contributed by atoms with van der Waals surface area (Å²) in [7, 11) is -1.39. The topological polar surface area (TPSA) is 58.9 Å². The molecule has 3 atom stereocenters. The van der Waals surface area contributed by atoms with Crippen LogP contribution in [0.3, 0.4) is 0 Å². The number of hydrogen-bond donors (Lipinski definition) is 2. The lowest BCUT2D eigenvalue weighted by atomic mass is 9.92. The van der Waals surface area contributed by atoms with Crippen molar-refractivity contribution in [2.75, 3.05) is 6.61 Å². The zero-order valence-electron chi connectivity index (χ0n) is 8.59. The third-order valence-corrected chi connectivity index (χ3v) is 2.25. The molecule has 1 aliphatic rings. The van der Waals surface area contributed by atoms with Crippen LogP contribution in [0.1, 0.15) is 20.3 Å². The van der Waals surface area contributed by atoms with Crippen molar-refractivity contribution in [2.24, 2.45) is 0 Å². The van der Waals surface area contributed by atoms with E-state index in [0.717, 1.165) is 6.42 Å². The monoisotopic (exact) mass is 200 g/mol. The molecule has 1 heterocycles. The van der Waals surface area contributed by atoms with Crippen molar-refractivity contribution in [3.63, 3.8) is 0 Å². The average molecular weight is 200 g/mol. The molecule has 4 nitrogen and oxygen atoms in total.